The zero-order valence-electron chi connectivity index (χ0n) is 8.61. The molecule has 0 aliphatic carbocycles. The molecule has 1 rings (SSSR count). The molecule has 0 bridgehead atoms. The van der Waals surface area contributed by atoms with Crippen LogP contribution in [-0.4, -0.2) is 10.9 Å². The van der Waals surface area contributed by atoms with Gasteiger partial charge in [-0.15, -0.1) is 0 Å². The van der Waals surface area contributed by atoms with E-state index in [1.165, 1.54) is 12.8 Å². The highest BCUT2D eigenvalue weighted by Crippen LogP contribution is 2.08. The molecule has 0 saturated carbocycles. The van der Waals surface area contributed by atoms with Gasteiger partial charge in [0.2, 0.25) is 0 Å². The van der Waals surface area contributed by atoms with Gasteiger partial charge in [0.15, 0.2) is 0 Å². The van der Waals surface area contributed by atoms with Crippen LogP contribution >= 0.6 is 0 Å². The smallest absolute Gasteiger partial charge is 0.0867 e. The molecule has 2 nitrogen and oxygen atoms in total. The van der Waals surface area contributed by atoms with Crippen LogP contribution in [0.2, 0.25) is 0 Å². The lowest BCUT2D eigenvalue weighted by Crippen LogP contribution is -2.00. The summed E-state index contributed by atoms with van der Waals surface area (Å²) >= 11 is 0. The standard InChI is InChI=1S/C12H17NO/c1-2-3-5-10-12(13-14)11-8-6-4-7-9-11/h4,6-9,14H,2-3,5,10H2,1H3/b13-12+. The van der Waals surface area contributed by atoms with E-state index in [2.05, 4.69) is 12.1 Å². The number of hydrogen-bond acceptors (Lipinski definition) is 2. The van der Waals surface area contributed by atoms with E-state index < -0.39 is 0 Å². The molecule has 0 fully saturated rings. The second kappa shape index (κ2) is 6.19. The summed E-state index contributed by atoms with van der Waals surface area (Å²) in [5, 5.41) is 12.2. The van der Waals surface area contributed by atoms with Crippen molar-refractivity contribution >= 4 is 5.71 Å². The topological polar surface area (TPSA) is 32.6 Å². The van der Waals surface area contributed by atoms with Gasteiger partial charge in [-0.05, 0) is 18.4 Å². The number of rotatable bonds is 5. The van der Waals surface area contributed by atoms with Crippen LogP contribution in [0, 0.1) is 0 Å². The van der Waals surface area contributed by atoms with Gasteiger partial charge < -0.3 is 5.21 Å². The Bertz CT molecular complexity index is 280. The van der Waals surface area contributed by atoms with Crippen LogP contribution in [0.3, 0.4) is 0 Å². The van der Waals surface area contributed by atoms with Gasteiger partial charge in [-0.3, -0.25) is 0 Å². The number of hydrogen-bond donors (Lipinski definition) is 1. The lowest BCUT2D eigenvalue weighted by Gasteiger charge is -2.03. The van der Waals surface area contributed by atoms with Crippen molar-refractivity contribution in [1.82, 2.24) is 0 Å². The molecule has 0 radical (unpaired) electrons. The molecule has 0 atom stereocenters. The van der Waals surface area contributed by atoms with Crippen molar-refractivity contribution in [3.8, 4) is 0 Å². The van der Waals surface area contributed by atoms with Crippen molar-refractivity contribution in [1.29, 1.82) is 0 Å². The number of oxime groups is 1. The molecule has 14 heavy (non-hydrogen) atoms. The minimum atomic E-state index is 0.791. The van der Waals surface area contributed by atoms with Gasteiger partial charge >= 0.3 is 0 Å². The Morgan fingerprint density at radius 2 is 1.93 bits per heavy atom. The van der Waals surface area contributed by atoms with Gasteiger partial charge in [0.1, 0.15) is 0 Å². The van der Waals surface area contributed by atoms with E-state index in [0.29, 0.717) is 0 Å². The van der Waals surface area contributed by atoms with Crippen LogP contribution in [0.15, 0.2) is 35.5 Å². The summed E-state index contributed by atoms with van der Waals surface area (Å²) in [5.41, 5.74) is 1.81. The minimum Gasteiger partial charge on any atom is -0.411 e. The molecule has 0 unspecified atom stereocenters. The van der Waals surface area contributed by atoms with Crippen LogP contribution in [-0.2, 0) is 0 Å². The van der Waals surface area contributed by atoms with Gasteiger partial charge in [0.05, 0.1) is 5.71 Å². The SMILES string of the molecule is CCCCC/C(=N\O)c1ccccc1. The van der Waals surface area contributed by atoms with E-state index >= 15 is 0 Å². The van der Waals surface area contributed by atoms with Crippen LogP contribution in [0.25, 0.3) is 0 Å². The van der Waals surface area contributed by atoms with E-state index in [9.17, 15) is 0 Å². The van der Waals surface area contributed by atoms with Crippen molar-refractivity contribution in [3.05, 3.63) is 35.9 Å². The summed E-state index contributed by atoms with van der Waals surface area (Å²) in [6.07, 6.45) is 4.32. The van der Waals surface area contributed by atoms with Crippen LogP contribution in [0.4, 0.5) is 0 Å². The summed E-state index contributed by atoms with van der Waals surface area (Å²) in [6.45, 7) is 2.16. The summed E-state index contributed by atoms with van der Waals surface area (Å²) in [7, 11) is 0. The summed E-state index contributed by atoms with van der Waals surface area (Å²) in [4.78, 5) is 0. The Morgan fingerprint density at radius 3 is 2.50 bits per heavy atom. The molecule has 1 aromatic rings. The van der Waals surface area contributed by atoms with E-state index in [-0.39, 0.29) is 0 Å². The zero-order chi connectivity index (χ0) is 10.2. The lowest BCUT2D eigenvalue weighted by atomic mass is 10.0. The first-order chi connectivity index (χ1) is 6.88. The fraction of sp³-hybridized carbons (Fsp3) is 0.417. The van der Waals surface area contributed by atoms with E-state index in [0.717, 1.165) is 24.1 Å². The summed E-state index contributed by atoms with van der Waals surface area (Å²) in [6, 6.07) is 9.83. The Balaban J connectivity index is 2.56. The Morgan fingerprint density at radius 1 is 1.21 bits per heavy atom. The Hall–Kier alpha value is -1.31. The van der Waals surface area contributed by atoms with Crippen LogP contribution < -0.4 is 0 Å². The van der Waals surface area contributed by atoms with E-state index in [1.807, 2.05) is 30.3 Å². The average Bonchev–Trinajstić information content (AvgIpc) is 2.26. The fourth-order valence-corrected chi connectivity index (χ4v) is 1.43. The highest BCUT2D eigenvalue weighted by molar-refractivity contribution is 6.00. The second-order valence-electron chi connectivity index (χ2n) is 3.37. The van der Waals surface area contributed by atoms with Crippen LogP contribution in [0.1, 0.15) is 38.2 Å². The first-order valence-corrected chi connectivity index (χ1v) is 5.14. The maximum atomic E-state index is 8.87. The molecular formula is C12H17NO. The van der Waals surface area contributed by atoms with Gasteiger partial charge in [-0.25, -0.2) is 0 Å². The first kappa shape index (κ1) is 10.8. The average molecular weight is 191 g/mol. The van der Waals surface area contributed by atoms with Crippen molar-refractivity contribution in [2.24, 2.45) is 5.16 Å². The van der Waals surface area contributed by atoms with Crippen molar-refractivity contribution in [3.63, 3.8) is 0 Å². The van der Waals surface area contributed by atoms with Crippen molar-refractivity contribution in [2.45, 2.75) is 32.6 Å². The molecule has 0 amide bonds. The third-order valence-electron chi connectivity index (χ3n) is 2.24. The molecule has 0 spiro atoms. The molecule has 0 aliphatic rings. The highest BCUT2D eigenvalue weighted by Gasteiger charge is 2.02. The second-order valence-corrected chi connectivity index (χ2v) is 3.37. The van der Waals surface area contributed by atoms with Gasteiger partial charge in [0.25, 0.3) is 0 Å². The van der Waals surface area contributed by atoms with E-state index in [1.54, 1.807) is 0 Å². The van der Waals surface area contributed by atoms with Gasteiger partial charge in [0, 0.05) is 0 Å². The molecule has 2 heteroatoms. The predicted molar refractivity (Wildman–Crippen MR) is 58.9 cm³/mol. The lowest BCUT2D eigenvalue weighted by molar-refractivity contribution is 0.317. The molecule has 1 aromatic carbocycles. The minimum absolute atomic E-state index is 0.791. The largest absolute Gasteiger partial charge is 0.411 e. The van der Waals surface area contributed by atoms with Gasteiger partial charge in [-0.2, -0.15) is 0 Å². The van der Waals surface area contributed by atoms with Gasteiger partial charge in [-0.1, -0.05) is 55.3 Å². The van der Waals surface area contributed by atoms with E-state index in [4.69, 9.17) is 5.21 Å². The van der Waals surface area contributed by atoms with Crippen LogP contribution in [0.5, 0.6) is 0 Å². The summed E-state index contributed by atoms with van der Waals surface area (Å²) < 4.78 is 0. The molecule has 1 N–H and O–H groups in total. The fourth-order valence-electron chi connectivity index (χ4n) is 1.43. The number of nitrogens with zero attached hydrogens (tertiary/aromatic N) is 1. The highest BCUT2D eigenvalue weighted by atomic mass is 16.4. The molecule has 0 aliphatic heterocycles. The maximum Gasteiger partial charge on any atom is 0.0867 e. The van der Waals surface area contributed by atoms with Crippen molar-refractivity contribution in [2.75, 3.05) is 0 Å². The Labute approximate surface area is 85.3 Å². The number of unbranched alkanes of at least 4 members (excludes halogenated alkanes) is 2. The zero-order valence-corrected chi connectivity index (χ0v) is 8.61. The molecular weight excluding hydrogens is 174 g/mol. The van der Waals surface area contributed by atoms with Crippen molar-refractivity contribution < 1.29 is 5.21 Å². The molecule has 0 aromatic heterocycles. The summed E-state index contributed by atoms with van der Waals surface area (Å²) in [5.74, 6) is 0. The predicted octanol–water partition coefficient (Wildman–Crippen LogP) is 3.45. The first-order valence-electron chi connectivity index (χ1n) is 5.14. The molecule has 0 heterocycles. The molecule has 76 valence electrons. The monoisotopic (exact) mass is 191 g/mol. The quantitative estimate of drug-likeness (QED) is 0.329. The molecule has 0 saturated heterocycles. The Kier molecular flexibility index (Phi) is 4.76. The third kappa shape index (κ3) is 3.21. The maximum absolute atomic E-state index is 8.87. The number of benzene rings is 1. The third-order valence-corrected chi connectivity index (χ3v) is 2.24. The normalized spacial score (nSPS) is 11.6.